The normalized spacial score (nSPS) is 13.5. The van der Waals surface area contributed by atoms with Crippen LogP contribution in [0.25, 0.3) is 0 Å². The second kappa shape index (κ2) is 7.70. The number of para-hydroxylation sites is 1. The minimum atomic E-state index is -0.503. The molecule has 2 aromatic rings. The van der Waals surface area contributed by atoms with E-state index in [4.69, 9.17) is 4.74 Å². The molecule has 0 saturated heterocycles. The van der Waals surface area contributed by atoms with Gasteiger partial charge in [-0.05, 0) is 62.6 Å². The molecule has 1 heterocycles. The molecule has 0 atom stereocenters. The van der Waals surface area contributed by atoms with Gasteiger partial charge in [0.15, 0.2) is 0 Å². The lowest BCUT2D eigenvalue weighted by Gasteiger charge is -2.31. The predicted molar refractivity (Wildman–Crippen MR) is 106 cm³/mol. The van der Waals surface area contributed by atoms with Crippen LogP contribution >= 0.6 is 0 Å². The number of benzene rings is 2. The number of hydrogen-bond donors (Lipinski definition) is 2. The van der Waals surface area contributed by atoms with Crippen LogP contribution in [-0.4, -0.2) is 29.2 Å². The van der Waals surface area contributed by atoms with Gasteiger partial charge in [0.2, 0.25) is 0 Å². The first kappa shape index (κ1) is 18.8. The third kappa shape index (κ3) is 5.23. The Morgan fingerprint density at radius 2 is 1.67 bits per heavy atom. The molecule has 0 bridgehead atoms. The van der Waals surface area contributed by atoms with Crippen LogP contribution in [0.4, 0.5) is 21.0 Å². The van der Waals surface area contributed by atoms with Crippen molar-refractivity contribution >= 4 is 23.5 Å². The Balaban J connectivity index is 1.61. The van der Waals surface area contributed by atoms with Gasteiger partial charge in [-0.1, -0.05) is 24.3 Å². The van der Waals surface area contributed by atoms with E-state index in [1.165, 1.54) is 0 Å². The number of nitrogens with one attached hydrogen (secondary N) is 2. The monoisotopic (exact) mass is 367 g/mol. The first-order valence-electron chi connectivity index (χ1n) is 9.03. The van der Waals surface area contributed by atoms with Gasteiger partial charge in [-0.2, -0.15) is 0 Å². The smallest absolute Gasteiger partial charge is 0.410 e. The van der Waals surface area contributed by atoms with Crippen molar-refractivity contribution in [2.24, 2.45) is 0 Å². The Kier molecular flexibility index (Phi) is 5.35. The zero-order valence-corrected chi connectivity index (χ0v) is 15.9. The summed E-state index contributed by atoms with van der Waals surface area (Å²) >= 11 is 0. The fourth-order valence-corrected chi connectivity index (χ4v) is 2.93. The van der Waals surface area contributed by atoms with Crippen LogP contribution in [0, 0.1) is 0 Å². The summed E-state index contributed by atoms with van der Waals surface area (Å²) in [6, 6.07) is 14.8. The highest BCUT2D eigenvalue weighted by molar-refractivity contribution is 5.99. The average Bonchev–Trinajstić information content (AvgIpc) is 2.60. The van der Waals surface area contributed by atoms with E-state index in [-0.39, 0.29) is 12.1 Å². The van der Waals surface area contributed by atoms with Crippen molar-refractivity contribution in [3.05, 3.63) is 59.7 Å². The van der Waals surface area contributed by atoms with Gasteiger partial charge in [0.25, 0.3) is 0 Å². The van der Waals surface area contributed by atoms with Gasteiger partial charge >= 0.3 is 12.1 Å². The van der Waals surface area contributed by atoms with Crippen LogP contribution in [0.1, 0.15) is 31.9 Å². The molecule has 6 heteroatoms. The second-order valence-electron chi connectivity index (χ2n) is 7.58. The number of fused-ring (bicyclic) bond motifs is 1. The molecule has 0 aliphatic carbocycles. The molecule has 2 aromatic carbocycles. The number of urea groups is 1. The molecular weight excluding hydrogens is 342 g/mol. The van der Waals surface area contributed by atoms with Crippen molar-refractivity contribution in [3.8, 4) is 0 Å². The van der Waals surface area contributed by atoms with Crippen molar-refractivity contribution in [1.82, 2.24) is 4.90 Å². The molecule has 1 aliphatic heterocycles. The van der Waals surface area contributed by atoms with Crippen molar-refractivity contribution in [2.45, 2.75) is 39.3 Å². The highest BCUT2D eigenvalue weighted by Crippen LogP contribution is 2.24. The molecular formula is C21H25N3O3. The maximum Gasteiger partial charge on any atom is 0.410 e. The topological polar surface area (TPSA) is 70.7 Å². The van der Waals surface area contributed by atoms with Gasteiger partial charge in [0.1, 0.15) is 5.60 Å². The number of ether oxygens (including phenoxy) is 1. The van der Waals surface area contributed by atoms with Crippen molar-refractivity contribution in [2.75, 3.05) is 17.2 Å². The number of carbonyl (C=O) groups excluding carboxylic acids is 2. The molecule has 142 valence electrons. The fraction of sp³-hybridized carbons (Fsp3) is 0.333. The van der Waals surface area contributed by atoms with Gasteiger partial charge in [0, 0.05) is 24.5 Å². The number of amides is 3. The quantitative estimate of drug-likeness (QED) is 0.813. The van der Waals surface area contributed by atoms with E-state index in [9.17, 15) is 9.59 Å². The van der Waals surface area contributed by atoms with E-state index in [0.29, 0.717) is 13.1 Å². The molecule has 3 amide bonds. The predicted octanol–water partition coefficient (Wildman–Crippen LogP) is 4.62. The Labute approximate surface area is 159 Å². The van der Waals surface area contributed by atoms with E-state index in [2.05, 4.69) is 10.6 Å². The van der Waals surface area contributed by atoms with Gasteiger partial charge in [-0.15, -0.1) is 0 Å². The molecule has 0 aromatic heterocycles. The summed E-state index contributed by atoms with van der Waals surface area (Å²) in [5.41, 5.74) is 3.17. The largest absolute Gasteiger partial charge is 0.444 e. The van der Waals surface area contributed by atoms with Gasteiger partial charge in [-0.3, -0.25) is 0 Å². The summed E-state index contributed by atoms with van der Waals surface area (Å²) in [5, 5.41) is 5.64. The zero-order valence-electron chi connectivity index (χ0n) is 15.9. The fourth-order valence-electron chi connectivity index (χ4n) is 2.93. The van der Waals surface area contributed by atoms with E-state index in [0.717, 1.165) is 28.9 Å². The molecule has 3 rings (SSSR count). The van der Waals surface area contributed by atoms with Crippen molar-refractivity contribution in [3.63, 3.8) is 0 Å². The van der Waals surface area contributed by atoms with Crippen molar-refractivity contribution < 1.29 is 14.3 Å². The van der Waals surface area contributed by atoms with Crippen LogP contribution < -0.4 is 10.6 Å². The zero-order chi connectivity index (χ0) is 19.4. The Bertz CT molecular complexity index is 828. The van der Waals surface area contributed by atoms with Crippen LogP contribution in [0.2, 0.25) is 0 Å². The van der Waals surface area contributed by atoms with Crippen LogP contribution in [-0.2, 0) is 17.7 Å². The second-order valence-corrected chi connectivity index (χ2v) is 7.58. The Morgan fingerprint density at radius 1 is 0.963 bits per heavy atom. The highest BCUT2D eigenvalue weighted by Gasteiger charge is 2.25. The van der Waals surface area contributed by atoms with E-state index < -0.39 is 5.60 Å². The minimum Gasteiger partial charge on any atom is -0.444 e. The number of anilines is 2. The van der Waals surface area contributed by atoms with E-state index >= 15 is 0 Å². The minimum absolute atomic E-state index is 0.285. The summed E-state index contributed by atoms with van der Waals surface area (Å²) < 4.78 is 5.45. The Hall–Kier alpha value is -3.02. The van der Waals surface area contributed by atoms with Gasteiger partial charge < -0.3 is 20.3 Å². The lowest BCUT2D eigenvalue weighted by Crippen LogP contribution is -2.39. The first-order valence-corrected chi connectivity index (χ1v) is 9.03. The average molecular weight is 367 g/mol. The SMILES string of the molecule is CC(C)(C)OC(=O)N1CCc2cc(NC(=O)Nc3ccccc3)ccc2C1. The molecule has 0 saturated carbocycles. The van der Waals surface area contributed by atoms with Crippen LogP contribution in [0.3, 0.4) is 0 Å². The first-order chi connectivity index (χ1) is 12.8. The molecule has 27 heavy (non-hydrogen) atoms. The number of rotatable bonds is 2. The molecule has 0 spiro atoms. The summed E-state index contributed by atoms with van der Waals surface area (Å²) in [4.78, 5) is 26.1. The summed E-state index contributed by atoms with van der Waals surface area (Å²) in [5.74, 6) is 0. The van der Waals surface area contributed by atoms with Crippen LogP contribution in [0.15, 0.2) is 48.5 Å². The lowest BCUT2D eigenvalue weighted by atomic mass is 9.99. The summed E-state index contributed by atoms with van der Waals surface area (Å²) in [6.07, 6.45) is 0.433. The summed E-state index contributed by atoms with van der Waals surface area (Å²) in [6.45, 7) is 6.70. The van der Waals surface area contributed by atoms with E-state index in [1.807, 2.05) is 69.3 Å². The van der Waals surface area contributed by atoms with Gasteiger partial charge in [-0.25, -0.2) is 9.59 Å². The van der Waals surface area contributed by atoms with Crippen LogP contribution in [0.5, 0.6) is 0 Å². The molecule has 0 fully saturated rings. The third-order valence-electron chi connectivity index (χ3n) is 4.16. The summed E-state index contributed by atoms with van der Waals surface area (Å²) in [7, 11) is 0. The van der Waals surface area contributed by atoms with E-state index in [1.54, 1.807) is 4.90 Å². The van der Waals surface area contributed by atoms with Gasteiger partial charge in [0.05, 0.1) is 0 Å². The molecule has 1 aliphatic rings. The molecule has 6 nitrogen and oxygen atoms in total. The molecule has 0 unspecified atom stereocenters. The maximum absolute atomic E-state index is 12.2. The number of nitrogens with zero attached hydrogens (tertiary/aromatic N) is 1. The molecule has 0 radical (unpaired) electrons. The third-order valence-corrected chi connectivity index (χ3v) is 4.16. The molecule has 2 N–H and O–H groups in total. The number of carbonyl (C=O) groups is 2. The lowest BCUT2D eigenvalue weighted by molar-refractivity contribution is 0.0224. The maximum atomic E-state index is 12.2. The highest BCUT2D eigenvalue weighted by atomic mass is 16.6. The standard InChI is InChI=1S/C21H25N3O3/c1-21(2,3)27-20(26)24-12-11-15-13-18(10-9-16(15)14-24)23-19(25)22-17-7-5-4-6-8-17/h4-10,13H,11-12,14H2,1-3H3,(H2,22,23,25). The Morgan fingerprint density at radius 3 is 2.37 bits per heavy atom. The number of hydrogen-bond acceptors (Lipinski definition) is 3. The van der Waals surface area contributed by atoms with Crippen molar-refractivity contribution in [1.29, 1.82) is 0 Å².